The molecule has 0 saturated carbocycles. The largest absolute Gasteiger partial charge is 0.334 e. The van der Waals surface area contributed by atoms with Gasteiger partial charge in [0.25, 0.3) is 11.8 Å². The average Bonchev–Trinajstić information content (AvgIpc) is 2.95. The fourth-order valence-corrected chi connectivity index (χ4v) is 1.82. The van der Waals surface area contributed by atoms with Gasteiger partial charge in [0.05, 0.1) is 0 Å². The van der Waals surface area contributed by atoms with Gasteiger partial charge < -0.3 is 9.84 Å². The molecule has 3 rings (SSSR count). The molecular weight excluding hydrogens is 268 g/mol. The standard InChI is InChI=1S/C15H12N4O2/c1-10-17-15(21-19-10)12-2-4-13(5-3-12)18-14(20)11-6-8-16-9-7-11/h2-9H,1H3,(H,18,20). The molecule has 0 aliphatic carbocycles. The third-order valence-corrected chi connectivity index (χ3v) is 2.86. The molecular formula is C15H12N4O2. The first-order chi connectivity index (χ1) is 10.2. The van der Waals surface area contributed by atoms with Crippen molar-refractivity contribution < 1.29 is 9.32 Å². The third kappa shape index (κ3) is 2.94. The van der Waals surface area contributed by atoms with Crippen LogP contribution in [0.3, 0.4) is 0 Å². The minimum atomic E-state index is -0.182. The third-order valence-electron chi connectivity index (χ3n) is 2.86. The Kier molecular flexibility index (Phi) is 3.42. The van der Waals surface area contributed by atoms with Crippen molar-refractivity contribution in [3.63, 3.8) is 0 Å². The number of rotatable bonds is 3. The summed E-state index contributed by atoms with van der Waals surface area (Å²) in [6.45, 7) is 1.76. The molecule has 2 heterocycles. The fraction of sp³-hybridized carbons (Fsp3) is 0.0667. The molecule has 0 saturated heterocycles. The maximum atomic E-state index is 12.0. The Morgan fingerprint density at radius 3 is 2.43 bits per heavy atom. The van der Waals surface area contributed by atoms with Crippen molar-refractivity contribution in [1.82, 2.24) is 15.1 Å². The predicted octanol–water partition coefficient (Wildman–Crippen LogP) is 2.69. The lowest BCUT2D eigenvalue weighted by Crippen LogP contribution is -2.11. The van der Waals surface area contributed by atoms with Gasteiger partial charge in [0.1, 0.15) is 0 Å². The highest BCUT2D eigenvalue weighted by atomic mass is 16.5. The van der Waals surface area contributed by atoms with Gasteiger partial charge in [-0.05, 0) is 43.3 Å². The van der Waals surface area contributed by atoms with E-state index in [1.54, 1.807) is 43.6 Å². The quantitative estimate of drug-likeness (QED) is 0.797. The summed E-state index contributed by atoms with van der Waals surface area (Å²) in [5.74, 6) is 0.860. The van der Waals surface area contributed by atoms with Crippen LogP contribution in [0, 0.1) is 6.92 Å². The Bertz CT molecular complexity index is 751. The van der Waals surface area contributed by atoms with Crippen molar-refractivity contribution in [2.75, 3.05) is 5.32 Å². The summed E-state index contributed by atoms with van der Waals surface area (Å²) >= 11 is 0. The molecule has 0 aliphatic heterocycles. The van der Waals surface area contributed by atoms with Crippen LogP contribution in [-0.2, 0) is 0 Å². The zero-order valence-electron chi connectivity index (χ0n) is 11.3. The van der Waals surface area contributed by atoms with Crippen LogP contribution in [0.2, 0.25) is 0 Å². The van der Waals surface area contributed by atoms with Gasteiger partial charge in [-0.25, -0.2) is 0 Å². The van der Waals surface area contributed by atoms with Gasteiger partial charge >= 0.3 is 0 Å². The molecule has 6 heteroatoms. The maximum Gasteiger partial charge on any atom is 0.257 e. The molecule has 0 radical (unpaired) electrons. The first kappa shape index (κ1) is 13.0. The molecule has 0 spiro atoms. The lowest BCUT2D eigenvalue weighted by Gasteiger charge is -2.05. The second kappa shape index (κ2) is 5.54. The number of aromatic nitrogens is 3. The van der Waals surface area contributed by atoms with E-state index in [1.807, 2.05) is 12.1 Å². The lowest BCUT2D eigenvalue weighted by molar-refractivity contribution is 0.102. The van der Waals surface area contributed by atoms with Crippen molar-refractivity contribution in [3.05, 3.63) is 60.2 Å². The normalized spacial score (nSPS) is 10.3. The summed E-state index contributed by atoms with van der Waals surface area (Å²) < 4.78 is 5.09. The number of benzene rings is 1. The Morgan fingerprint density at radius 1 is 1.10 bits per heavy atom. The zero-order chi connectivity index (χ0) is 14.7. The molecule has 2 aromatic heterocycles. The Labute approximate surface area is 120 Å². The summed E-state index contributed by atoms with van der Waals surface area (Å²) in [4.78, 5) is 20.0. The number of pyridine rings is 1. The number of nitrogens with zero attached hydrogens (tertiary/aromatic N) is 3. The van der Waals surface area contributed by atoms with E-state index in [2.05, 4.69) is 20.4 Å². The topological polar surface area (TPSA) is 80.9 Å². The second-order valence-corrected chi connectivity index (χ2v) is 4.41. The second-order valence-electron chi connectivity index (χ2n) is 4.41. The summed E-state index contributed by atoms with van der Waals surface area (Å²) in [6.07, 6.45) is 3.16. The summed E-state index contributed by atoms with van der Waals surface area (Å²) in [5.41, 5.74) is 2.05. The van der Waals surface area contributed by atoms with Gasteiger partial charge in [-0.15, -0.1) is 0 Å². The van der Waals surface area contributed by atoms with Crippen LogP contribution in [0.5, 0.6) is 0 Å². The van der Waals surface area contributed by atoms with Crippen LogP contribution < -0.4 is 5.32 Å². The molecule has 0 atom stereocenters. The number of nitrogens with one attached hydrogen (secondary N) is 1. The molecule has 104 valence electrons. The first-order valence-corrected chi connectivity index (χ1v) is 6.34. The number of amides is 1. The van der Waals surface area contributed by atoms with E-state index in [9.17, 15) is 4.79 Å². The Balaban J connectivity index is 1.74. The highest BCUT2D eigenvalue weighted by molar-refractivity contribution is 6.04. The van der Waals surface area contributed by atoms with Crippen LogP contribution in [0.15, 0.2) is 53.3 Å². The van der Waals surface area contributed by atoms with E-state index in [1.165, 1.54) is 0 Å². The van der Waals surface area contributed by atoms with Gasteiger partial charge in [0.15, 0.2) is 5.82 Å². The van der Waals surface area contributed by atoms with Crippen molar-refractivity contribution in [2.45, 2.75) is 6.92 Å². The molecule has 0 aliphatic rings. The van der Waals surface area contributed by atoms with Crippen molar-refractivity contribution in [1.29, 1.82) is 0 Å². The molecule has 1 amide bonds. The van der Waals surface area contributed by atoms with Crippen molar-refractivity contribution in [2.24, 2.45) is 0 Å². The van der Waals surface area contributed by atoms with Gasteiger partial charge in [0.2, 0.25) is 0 Å². The van der Waals surface area contributed by atoms with Gasteiger partial charge in [-0.2, -0.15) is 4.98 Å². The SMILES string of the molecule is Cc1noc(-c2ccc(NC(=O)c3ccncc3)cc2)n1. The van der Waals surface area contributed by atoms with Crippen LogP contribution >= 0.6 is 0 Å². The van der Waals surface area contributed by atoms with E-state index in [0.717, 1.165) is 5.56 Å². The summed E-state index contributed by atoms with van der Waals surface area (Å²) in [7, 11) is 0. The molecule has 21 heavy (non-hydrogen) atoms. The number of hydrogen-bond donors (Lipinski definition) is 1. The summed E-state index contributed by atoms with van der Waals surface area (Å²) in [5, 5.41) is 6.55. The van der Waals surface area contributed by atoms with Crippen molar-refractivity contribution >= 4 is 11.6 Å². The molecule has 1 N–H and O–H groups in total. The van der Waals surface area contributed by atoms with E-state index in [0.29, 0.717) is 23.0 Å². The fourth-order valence-electron chi connectivity index (χ4n) is 1.82. The molecule has 6 nitrogen and oxygen atoms in total. The van der Waals surface area contributed by atoms with E-state index in [-0.39, 0.29) is 5.91 Å². The van der Waals surface area contributed by atoms with E-state index < -0.39 is 0 Å². The highest BCUT2D eigenvalue weighted by Crippen LogP contribution is 2.19. The molecule has 0 fully saturated rings. The van der Waals surface area contributed by atoms with Gasteiger partial charge in [-0.1, -0.05) is 5.16 Å². The number of carbonyl (C=O) groups is 1. The van der Waals surface area contributed by atoms with E-state index in [4.69, 9.17) is 4.52 Å². The maximum absolute atomic E-state index is 12.0. The molecule has 1 aromatic carbocycles. The zero-order valence-corrected chi connectivity index (χ0v) is 11.3. The van der Waals surface area contributed by atoms with Gasteiger partial charge in [0, 0.05) is 29.2 Å². The Hall–Kier alpha value is -3.02. The molecule has 0 unspecified atom stereocenters. The van der Waals surface area contributed by atoms with Crippen LogP contribution in [0.25, 0.3) is 11.5 Å². The van der Waals surface area contributed by atoms with Gasteiger partial charge in [-0.3, -0.25) is 9.78 Å². The van der Waals surface area contributed by atoms with Crippen LogP contribution in [0.1, 0.15) is 16.2 Å². The molecule has 0 bridgehead atoms. The smallest absolute Gasteiger partial charge is 0.257 e. The van der Waals surface area contributed by atoms with Crippen LogP contribution in [-0.4, -0.2) is 21.0 Å². The number of anilines is 1. The molecule has 3 aromatic rings. The minimum Gasteiger partial charge on any atom is -0.334 e. The summed E-state index contributed by atoms with van der Waals surface area (Å²) in [6, 6.07) is 10.5. The first-order valence-electron chi connectivity index (χ1n) is 6.34. The van der Waals surface area contributed by atoms with E-state index >= 15 is 0 Å². The highest BCUT2D eigenvalue weighted by Gasteiger charge is 2.08. The number of hydrogen-bond acceptors (Lipinski definition) is 5. The lowest BCUT2D eigenvalue weighted by atomic mass is 10.2. The van der Waals surface area contributed by atoms with Crippen LogP contribution in [0.4, 0.5) is 5.69 Å². The van der Waals surface area contributed by atoms with Crippen molar-refractivity contribution in [3.8, 4) is 11.5 Å². The number of carbonyl (C=O) groups excluding carboxylic acids is 1. The number of aryl methyl sites for hydroxylation is 1. The predicted molar refractivity (Wildman–Crippen MR) is 76.7 cm³/mol. The Morgan fingerprint density at radius 2 is 1.81 bits per heavy atom. The average molecular weight is 280 g/mol. The minimum absolute atomic E-state index is 0.182. The monoisotopic (exact) mass is 280 g/mol.